The predicted molar refractivity (Wildman–Crippen MR) is 77.3 cm³/mol. The van der Waals surface area contributed by atoms with Crippen LogP contribution in [0, 0.1) is 0 Å². The van der Waals surface area contributed by atoms with E-state index in [0.717, 1.165) is 16.6 Å². The quantitative estimate of drug-likeness (QED) is 0.830. The summed E-state index contributed by atoms with van der Waals surface area (Å²) in [5.74, 6) is -0.412. The van der Waals surface area contributed by atoms with Crippen LogP contribution >= 0.6 is 0 Å². The van der Waals surface area contributed by atoms with Gasteiger partial charge < -0.3 is 21.1 Å². The minimum Gasteiger partial charge on any atom is -0.396 e. The summed E-state index contributed by atoms with van der Waals surface area (Å²) in [4.78, 5) is 17.9. The molecule has 104 valence electrons. The SMILES string of the molecule is NC(=O)C1COCCN1c1c(N)cnc2ccccc12. The second-order valence-electron chi connectivity index (χ2n) is 4.77. The summed E-state index contributed by atoms with van der Waals surface area (Å²) in [6.45, 7) is 1.40. The molecule has 6 nitrogen and oxygen atoms in total. The molecule has 0 radical (unpaired) electrons. The van der Waals surface area contributed by atoms with E-state index in [1.807, 2.05) is 29.2 Å². The lowest BCUT2D eigenvalue weighted by Gasteiger charge is -2.36. The fourth-order valence-electron chi connectivity index (χ4n) is 2.57. The minimum absolute atomic E-state index is 0.283. The van der Waals surface area contributed by atoms with Crippen molar-refractivity contribution in [3.8, 4) is 0 Å². The van der Waals surface area contributed by atoms with Crippen LogP contribution in [0.5, 0.6) is 0 Å². The number of para-hydroxylation sites is 1. The van der Waals surface area contributed by atoms with E-state index in [9.17, 15) is 4.79 Å². The number of ether oxygens (including phenoxy) is 1. The van der Waals surface area contributed by atoms with E-state index in [1.54, 1.807) is 6.20 Å². The lowest BCUT2D eigenvalue weighted by Crippen LogP contribution is -2.52. The van der Waals surface area contributed by atoms with Gasteiger partial charge in [0.25, 0.3) is 0 Å². The van der Waals surface area contributed by atoms with Gasteiger partial charge in [-0.15, -0.1) is 0 Å². The largest absolute Gasteiger partial charge is 0.396 e. The first-order valence-corrected chi connectivity index (χ1v) is 6.45. The normalized spacial score (nSPS) is 19.2. The number of hydrogen-bond acceptors (Lipinski definition) is 5. The Kier molecular flexibility index (Phi) is 3.15. The Balaban J connectivity index is 2.16. The highest BCUT2D eigenvalue weighted by Crippen LogP contribution is 2.33. The van der Waals surface area contributed by atoms with Crippen LogP contribution in [0.4, 0.5) is 11.4 Å². The Labute approximate surface area is 116 Å². The number of morpholine rings is 1. The molecule has 6 heteroatoms. The molecule has 1 fully saturated rings. The molecule has 3 rings (SSSR count). The molecule has 1 aliphatic heterocycles. The van der Waals surface area contributed by atoms with Gasteiger partial charge in [0.15, 0.2) is 0 Å². The molecular formula is C14H16N4O2. The van der Waals surface area contributed by atoms with Crippen LogP contribution in [-0.2, 0) is 9.53 Å². The summed E-state index contributed by atoms with van der Waals surface area (Å²) in [6.07, 6.45) is 1.62. The average Bonchev–Trinajstić information content (AvgIpc) is 2.47. The molecule has 1 amide bonds. The Bertz CT molecular complexity index is 659. The van der Waals surface area contributed by atoms with Gasteiger partial charge in [-0.3, -0.25) is 9.78 Å². The maximum absolute atomic E-state index is 11.6. The van der Waals surface area contributed by atoms with Crippen molar-refractivity contribution >= 4 is 28.2 Å². The van der Waals surface area contributed by atoms with Gasteiger partial charge in [-0.05, 0) is 6.07 Å². The third-order valence-electron chi connectivity index (χ3n) is 3.52. The molecule has 2 aromatic rings. The number of aromatic nitrogens is 1. The van der Waals surface area contributed by atoms with E-state index < -0.39 is 11.9 Å². The first kappa shape index (κ1) is 12.7. The van der Waals surface area contributed by atoms with Crippen LogP contribution in [0.2, 0.25) is 0 Å². The number of nitrogens with two attached hydrogens (primary N) is 2. The van der Waals surface area contributed by atoms with Crippen LogP contribution in [-0.4, -0.2) is 36.7 Å². The van der Waals surface area contributed by atoms with Crippen LogP contribution in [0.15, 0.2) is 30.5 Å². The summed E-state index contributed by atoms with van der Waals surface area (Å²) < 4.78 is 5.35. The van der Waals surface area contributed by atoms with E-state index in [2.05, 4.69) is 4.98 Å². The van der Waals surface area contributed by atoms with Crippen LogP contribution in [0.1, 0.15) is 0 Å². The first-order valence-electron chi connectivity index (χ1n) is 6.45. The molecule has 1 atom stereocenters. The smallest absolute Gasteiger partial charge is 0.242 e. The number of nitrogens with zero attached hydrogens (tertiary/aromatic N) is 2. The highest BCUT2D eigenvalue weighted by Gasteiger charge is 2.30. The zero-order valence-electron chi connectivity index (χ0n) is 11.0. The summed E-state index contributed by atoms with van der Waals surface area (Å²) in [5.41, 5.74) is 13.7. The highest BCUT2D eigenvalue weighted by atomic mass is 16.5. The van der Waals surface area contributed by atoms with E-state index in [1.165, 1.54) is 0 Å². The number of pyridine rings is 1. The van der Waals surface area contributed by atoms with E-state index in [0.29, 0.717) is 18.8 Å². The van der Waals surface area contributed by atoms with E-state index in [-0.39, 0.29) is 6.61 Å². The molecule has 1 aliphatic rings. The summed E-state index contributed by atoms with van der Waals surface area (Å²) in [6, 6.07) is 7.20. The fraction of sp³-hybridized carbons (Fsp3) is 0.286. The van der Waals surface area contributed by atoms with Gasteiger partial charge in [0, 0.05) is 11.9 Å². The molecule has 0 aliphatic carbocycles. The fourth-order valence-corrected chi connectivity index (χ4v) is 2.57. The molecule has 2 heterocycles. The number of primary amides is 1. The van der Waals surface area contributed by atoms with Gasteiger partial charge in [0.1, 0.15) is 6.04 Å². The number of hydrogen-bond donors (Lipinski definition) is 2. The highest BCUT2D eigenvalue weighted by molar-refractivity contribution is 5.99. The Morgan fingerprint density at radius 3 is 3.00 bits per heavy atom. The Morgan fingerprint density at radius 1 is 1.40 bits per heavy atom. The van der Waals surface area contributed by atoms with Gasteiger partial charge in [0.05, 0.1) is 36.3 Å². The van der Waals surface area contributed by atoms with Crippen molar-refractivity contribution in [3.05, 3.63) is 30.5 Å². The van der Waals surface area contributed by atoms with E-state index in [4.69, 9.17) is 16.2 Å². The molecule has 0 bridgehead atoms. The van der Waals surface area contributed by atoms with Crippen LogP contribution in [0.3, 0.4) is 0 Å². The van der Waals surface area contributed by atoms with Gasteiger partial charge in [0.2, 0.25) is 5.91 Å². The zero-order chi connectivity index (χ0) is 14.1. The van der Waals surface area contributed by atoms with Crippen molar-refractivity contribution < 1.29 is 9.53 Å². The molecule has 4 N–H and O–H groups in total. The van der Waals surface area contributed by atoms with Crippen molar-refractivity contribution in [2.75, 3.05) is 30.4 Å². The third-order valence-corrected chi connectivity index (χ3v) is 3.52. The van der Waals surface area contributed by atoms with E-state index >= 15 is 0 Å². The van der Waals surface area contributed by atoms with Crippen molar-refractivity contribution in [2.24, 2.45) is 5.73 Å². The molecular weight excluding hydrogens is 256 g/mol. The molecule has 20 heavy (non-hydrogen) atoms. The first-order chi connectivity index (χ1) is 9.68. The molecule has 1 aromatic carbocycles. The second kappa shape index (κ2) is 4.97. The van der Waals surface area contributed by atoms with Crippen molar-refractivity contribution in [2.45, 2.75) is 6.04 Å². The third kappa shape index (κ3) is 2.04. The number of nitrogen functional groups attached to an aromatic ring is 1. The monoisotopic (exact) mass is 272 g/mol. The Hall–Kier alpha value is -2.34. The van der Waals surface area contributed by atoms with Gasteiger partial charge in [-0.2, -0.15) is 0 Å². The Morgan fingerprint density at radius 2 is 2.20 bits per heavy atom. The zero-order valence-corrected chi connectivity index (χ0v) is 11.0. The molecule has 1 unspecified atom stereocenters. The van der Waals surface area contributed by atoms with Crippen LogP contribution < -0.4 is 16.4 Å². The van der Waals surface area contributed by atoms with Gasteiger partial charge in [-0.25, -0.2) is 0 Å². The van der Waals surface area contributed by atoms with Crippen molar-refractivity contribution in [1.82, 2.24) is 4.98 Å². The summed E-state index contributed by atoms with van der Waals surface area (Å²) >= 11 is 0. The van der Waals surface area contributed by atoms with Crippen molar-refractivity contribution in [1.29, 1.82) is 0 Å². The lowest BCUT2D eigenvalue weighted by atomic mass is 10.1. The number of benzene rings is 1. The molecule has 0 saturated carbocycles. The number of fused-ring (bicyclic) bond motifs is 1. The van der Waals surface area contributed by atoms with Gasteiger partial charge >= 0.3 is 0 Å². The summed E-state index contributed by atoms with van der Waals surface area (Å²) in [5, 5.41) is 0.917. The van der Waals surface area contributed by atoms with Crippen LogP contribution in [0.25, 0.3) is 10.9 Å². The van der Waals surface area contributed by atoms with Gasteiger partial charge in [-0.1, -0.05) is 18.2 Å². The number of amides is 1. The summed E-state index contributed by atoms with van der Waals surface area (Å²) in [7, 11) is 0. The molecule has 0 spiro atoms. The second-order valence-corrected chi connectivity index (χ2v) is 4.77. The number of carbonyl (C=O) groups excluding carboxylic acids is 1. The topological polar surface area (TPSA) is 94.5 Å². The predicted octanol–water partition coefficient (Wildman–Crippen LogP) is 0.508. The maximum Gasteiger partial charge on any atom is 0.242 e. The van der Waals surface area contributed by atoms with Crippen molar-refractivity contribution in [3.63, 3.8) is 0 Å². The molecule has 1 aromatic heterocycles. The number of rotatable bonds is 2. The average molecular weight is 272 g/mol. The maximum atomic E-state index is 11.6. The number of anilines is 2. The minimum atomic E-state index is -0.503. The number of carbonyl (C=O) groups is 1. The lowest BCUT2D eigenvalue weighted by molar-refractivity contribution is -0.121. The molecule has 1 saturated heterocycles. The standard InChI is InChI=1S/C14H16N4O2/c15-10-7-17-11-4-2-1-3-9(11)13(10)18-5-6-20-8-12(18)14(16)19/h1-4,7,12H,5-6,8,15H2,(H2,16,19).